The molecule has 0 saturated heterocycles. The van der Waals surface area contributed by atoms with Crippen molar-refractivity contribution in [3.8, 4) is 0 Å². The number of anilines is 1. The minimum absolute atomic E-state index is 0.0641. The number of nitrogens with zero attached hydrogens (tertiary/aromatic N) is 1. The average Bonchev–Trinajstić information content (AvgIpc) is 2.38. The molecule has 0 saturated carbocycles. The van der Waals surface area contributed by atoms with Crippen LogP contribution in [0.5, 0.6) is 0 Å². The normalized spacial score (nSPS) is 10.4. The highest BCUT2D eigenvalue weighted by atomic mass is 79.9. The second-order valence-electron chi connectivity index (χ2n) is 4.58. The maximum absolute atomic E-state index is 11.8. The molecule has 1 rings (SSSR count). The minimum atomic E-state index is -0.141. The van der Waals surface area contributed by atoms with Crippen molar-refractivity contribution in [3.63, 3.8) is 0 Å². The van der Waals surface area contributed by atoms with Gasteiger partial charge < -0.3 is 10.6 Å². The van der Waals surface area contributed by atoms with Gasteiger partial charge in [0.1, 0.15) is 0 Å². The Morgan fingerprint density at radius 3 is 2.35 bits per heavy atom. The number of carbonyl (C=O) groups excluding carboxylic acids is 2. The van der Waals surface area contributed by atoms with Gasteiger partial charge in [-0.1, -0.05) is 22.9 Å². The second kappa shape index (κ2) is 8.71. The van der Waals surface area contributed by atoms with Gasteiger partial charge in [-0.25, -0.2) is 0 Å². The van der Waals surface area contributed by atoms with E-state index < -0.39 is 0 Å². The van der Waals surface area contributed by atoms with E-state index in [9.17, 15) is 9.59 Å². The average molecular weight is 342 g/mol. The minimum Gasteiger partial charge on any atom is -0.355 e. The Labute approximate surface area is 127 Å². The lowest BCUT2D eigenvalue weighted by Crippen LogP contribution is -2.39. The van der Waals surface area contributed by atoms with E-state index >= 15 is 0 Å². The molecule has 20 heavy (non-hydrogen) atoms. The van der Waals surface area contributed by atoms with Crippen LogP contribution in [-0.2, 0) is 9.59 Å². The summed E-state index contributed by atoms with van der Waals surface area (Å²) in [7, 11) is 1.74. The lowest BCUT2D eigenvalue weighted by molar-refractivity contribution is -0.122. The Hall–Kier alpha value is -1.40. The molecule has 0 aromatic heterocycles. The van der Waals surface area contributed by atoms with Crippen LogP contribution >= 0.6 is 15.9 Å². The maximum atomic E-state index is 11.8. The zero-order valence-electron chi connectivity index (χ0n) is 11.8. The third kappa shape index (κ3) is 6.68. The van der Waals surface area contributed by atoms with Crippen molar-refractivity contribution in [1.29, 1.82) is 0 Å². The number of halogens is 1. The van der Waals surface area contributed by atoms with Crippen LogP contribution < -0.4 is 10.6 Å². The maximum Gasteiger partial charge on any atom is 0.238 e. The van der Waals surface area contributed by atoms with Gasteiger partial charge in [0.25, 0.3) is 0 Å². The van der Waals surface area contributed by atoms with Crippen molar-refractivity contribution < 1.29 is 9.59 Å². The molecule has 0 radical (unpaired) electrons. The third-order valence-electron chi connectivity index (χ3n) is 2.53. The molecule has 110 valence electrons. The predicted octanol–water partition coefficient (Wildman–Crippen LogP) is 1.85. The summed E-state index contributed by atoms with van der Waals surface area (Å²) in [6, 6.07) is 7.35. The monoisotopic (exact) mass is 341 g/mol. The molecule has 0 heterocycles. The van der Waals surface area contributed by atoms with Crippen LogP contribution in [0.3, 0.4) is 0 Å². The van der Waals surface area contributed by atoms with Crippen LogP contribution in [0.2, 0.25) is 0 Å². The number of nitrogens with one attached hydrogen (secondary N) is 2. The number of carbonyl (C=O) groups is 2. The van der Waals surface area contributed by atoms with Crippen LogP contribution in [0.1, 0.15) is 13.3 Å². The fraction of sp³-hybridized carbons (Fsp3) is 0.429. The van der Waals surface area contributed by atoms with E-state index in [2.05, 4.69) is 26.6 Å². The van der Waals surface area contributed by atoms with Crippen molar-refractivity contribution in [3.05, 3.63) is 28.7 Å². The second-order valence-corrected chi connectivity index (χ2v) is 5.49. The Balaban J connectivity index is 2.34. The summed E-state index contributed by atoms with van der Waals surface area (Å²) >= 11 is 3.33. The first kappa shape index (κ1) is 16.7. The van der Waals surface area contributed by atoms with E-state index in [4.69, 9.17) is 0 Å². The van der Waals surface area contributed by atoms with Crippen LogP contribution in [-0.4, -0.2) is 43.4 Å². The largest absolute Gasteiger partial charge is 0.355 e. The van der Waals surface area contributed by atoms with Gasteiger partial charge in [0.2, 0.25) is 11.8 Å². The fourth-order valence-corrected chi connectivity index (χ4v) is 1.86. The number of likely N-dealkylation sites (N-methyl/N-ethyl adjacent to an activating group) is 1. The summed E-state index contributed by atoms with van der Waals surface area (Å²) in [6.45, 7) is 3.05. The molecule has 1 aromatic carbocycles. The van der Waals surface area contributed by atoms with Gasteiger partial charge >= 0.3 is 0 Å². The lowest BCUT2D eigenvalue weighted by atomic mass is 10.3. The van der Waals surface area contributed by atoms with E-state index in [1.165, 1.54) is 0 Å². The molecule has 0 atom stereocenters. The first-order valence-corrected chi connectivity index (χ1v) is 7.31. The standard InChI is InChI=1S/C14H20BrN3O2/c1-3-8-16-13(19)9-18(2)10-14(20)17-12-6-4-11(15)5-7-12/h4-7H,3,8-10H2,1-2H3,(H,16,19)(H,17,20). The first-order chi connectivity index (χ1) is 9.51. The van der Waals surface area contributed by atoms with Gasteiger partial charge in [0.15, 0.2) is 0 Å². The zero-order chi connectivity index (χ0) is 15.0. The summed E-state index contributed by atoms with van der Waals surface area (Å²) in [5.74, 6) is -0.205. The Morgan fingerprint density at radius 2 is 1.75 bits per heavy atom. The van der Waals surface area contributed by atoms with Gasteiger partial charge in [-0.15, -0.1) is 0 Å². The molecule has 0 unspecified atom stereocenters. The number of rotatable bonds is 7. The van der Waals surface area contributed by atoms with E-state index in [0.29, 0.717) is 6.54 Å². The smallest absolute Gasteiger partial charge is 0.238 e. The van der Waals surface area contributed by atoms with Crippen molar-refractivity contribution in [2.75, 3.05) is 32.0 Å². The summed E-state index contributed by atoms with van der Waals surface area (Å²) in [5, 5.41) is 5.56. The highest BCUT2D eigenvalue weighted by Gasteiger charge is 2.10. The molecule has 6 heteroatoms. The summed E-state index contributed by atoms with van der Waals surface area (Å²) < 4.78 is 0.959. The quantitative estimate of drug-likeness (QED) is 0.795. The Morgan fingerprint density at radius 1 is 1.15 bits per heavy atom. The van der Waals surface area contributed by atoms with E-state index in [0.717, 1.165) is 16.6 Å². The van der Waals surface area contributed by atoms with Gasteiger partial charge in [0, 0.05) is 16.7 Å². The molecule has 0 spiro atoms. The van der Waals surface area contributed by atoms with Crippen LogP contribution in [0.4, 0.5) is 5.69 Å². The van der Waals surface area contributed by atoms with Gasteiger partial charge in [-0.3, -0.25) is 14.5 Å². The number of hydrogen-bond donors (Lipinski definition) is 2. The molecule has 1 aromatic rings. The first-order valence-electron chi connectivity index (χ1n) is 6.52. The van der Waals surface area contributed by atoms with Gasteiger partial charge in [0.05, 0.1) is 13.1 Å². The molecular weight excluding hydrogens is 322 g/mol. The van der Waals surface area contributed by atoms with Gasteiger partial charge in [-0.05, 0) is 37.7 Å². The van der Waals surface area contributed by atoms with Crippen LogP contribution in [0, 0.1) is 0 Å². The summed E-state index contributed by atoms with van der Waals surface area (Å²) in [6.07, 6.45) is 0.902. The predicted molar refractivity (Wildman–Crippen MR) is 83.6 cm³/mol. The van der Waals surface area contributed by atoms with Gasteiger partial charge in [-0.2, -0.15) is 0 Å². The summed E-state index contributed by atoms with van der Waals surface area (Å²) in [5.41, 5.74) is 0.738. The lowest BCUT2D eigenvalue weighted by Gasteiger charge is -2.15. The van der Waals surface area contributed by atoms with Crippen molar-refractivity contribution in [1.82, 2.24) is 10.2 Å². The zero-order valence-corrected chi connectivity index (χ0v) is 13.4. The Bertz CT molecular complexity index is 448. The molecule has 2 amide bonds. The SMILES string of the molecule is CCCNC(=O)CN(C)CC(=O)Nc1ccc(Br)cc1. The number of amides is 2. The summed E-state index contributed by atoms with van der Waals surface area (Å²) in [4.78, 5) is 25.0. The number of benzene rings is 1. The molecule has 5 nitrogen and oxygen atoms in total. The molecule has 0 bridgehead atoms. The number of hydrogen-bond acceptors (Lipinski definition) is 3. The highest BCUT2D eigenvalue weighted by Crippen LogP contribution is 2.13. The Kier molecular flexibility index (Phi) is 7.25. The van der Waals surface area contributed by atoms with Crippen LogP contribution in [0.25, 0.3) is 0 Å². The topological polar surface area (TPSA) is 61.4 Å². The van der Waals surface area contributed by atoms with Crippen LogP contribution in [0.15, 0.2) is 28.7 Å². The highest BCUT2D eigenvalue weighted by molar-refractivity contribution is 9.10. The van der Waals surface area contributed by atoms with E-state index in [1.54, 1.807) is 11.9 Å². The molecule has 0 aliphatic rings. The van der Waals surface area contributed by atoms with Crippen molar-refractivity contribution >= 4 is 33.4 Å². The molecular formula is C14H20BrN3O2. The van der Waals surface area contributed by atoms with Crippen molar-refractivity contribution in [2.45, 2.75) is 13.3 Å². The molecule has 0 aliphatic heterocycles. The fourth-order valence-electron chi connectivity index (χ4n) is 1.60. The van der Waals surface area contributed by atoms with E-state index in [1.807, 2.05) is 31.2 Å². The molecule has 0 aliphatic carbocycles. The molecule has 2 N–H and O–H groups in total. The molecule has 0 fully saturated rings. The third-order valence-corrected chi connectivity index (χ3v) is 3.06. The van der Waals surface area contributed by atoms with E-state index in [-0.39, 0.29) is 24.9 Å². The van der Waals surface area contributed by atoms with Crippen molar-refractivity contribution in [2.24, 2.45) is 0 Å².